The Morgan fingerprint density at radius 1 is 1.19 bits per heavy atom. The van der Waals surface area contributed by atoms with E-state index in [0.717, 1.165) is 6.42 Å². The van der Waals surface area contributed by atoms with Crippen LogP contribution in [0, 0.1) is 11.8 Å². The van der Waals surface area contributed by atoms with E-state index in [9.17, 15) is 4.79 Å². The van der Waals surface area contributed by atoms with Crippen LogP contribution >= 0.6 is 0 Å². The highest BCUT2D eigenvalue weighted by atomic mass is 16.1. The molecule has 3 heteroatoms. The van der Waals surface area contributed by atoms with E-state index < -0.39 is 0 Å². The van der Waals surface area contributed by atoms with Gasteiger partial charge in [0.1, 0.15) is 0 Å². The molecule has 0 spiro atoms. The third kappa shape index (κ3) is 3.48. The minimum atomic E-state index is 0.231. The second-order valence-corrected chi connectivity index (χ2v) is 5.46. The number of nitrogens with two attached hydrogens (primary N) is 1. The van der Waals surface area contributed by atoms with Gasteiger partial charge in [-0.05, 0) is 37.5 Å². The van der Waals surface area contributed by atoms with Gasteiger partial charge in [-0.15, -0.1) is 0 Å². The van der Waals surface area contributed by atoms with Crippen molar-refractivity contribution in [2.75, 3.05) is 6.54 Å². The third-order valence-corrected chi connectivity index (χ3v) is 3.99. The zero-order chi connectivity index (χ0) is 11.4. The first-order valence-electron chi connectivity index (χ1n) is 6.79. The van der Waals surface area contributed by atoms with E-state index in [4.69, 9.17) is 5.73 Å². The Balaban J connectivity index is 1.69. The highest BCUT2D eigenvalue weighted by molar-refractivity contribution is 5.76. The van der Waals surface area contributed by atoms with Gasteiger partial charge in [-0.3, -0.25) is 4.79 Å². The van der Waals surface area contributed by atoms with E-state index in [1.165, 1.54) is 44.9 Å². The predicted octanol–water partition coefficient (Wildman–Crippen LogP) is 1.81. The molecule has 0 aromatic heterocycles. The van der Waals surface area contributed by atoms with Crippen LogP contribution in [-0.4, -0.2) is 18.5 Å². The van der Waals surface area contributed by atoms with E-state index in [1.54, 1.807) is 0 Å². The lowest BCUT2D eigenvalue weighted by molar-refractivity contribution is -0.123. The van der Waals surface area contributed by atoms with Crippen molar-refractivity contribution in [1.29, 1.82) is 0 Å². The topological polar surface area (TPSA) is 55.1 Å². The zero-order valence-corrected chi connectivity index (χ0v) is 10.1. The normalized spacial score (nSPS) is 24.1. The summed E-state index contributed by atoms with van der Waals surface area (Å²) in [6, 6.07) is 0.246. The van der Waals surface area contributed by atoms with Gasteiger partial charge < -0.3 is 11.1 Å². The van der Waals surface area contributed by atoms with Gasteiger partial charge in [-0.1, -0.05) is 19.3 Å². The van der Waals surface area contributed by atoms with Crippen LogP contribution in [0.5, 0.6) is 0 Å². The fraction of sp³-hybridized carbons (Fsp3) is 0.923. The van der Waals surface area contributed by atoms with Gasteiger partial charge in [-0.25, -0.2) is 0 Å². The first-order valence-corrected chi connectivity index (χ1v) is 6.79. The summed E-state index contributed by atoms with van der Waals surface area (Å²) in [5.41, 5.74) is 5.68. The van der Waals surface area contributed by atoms with Crippen molar-refractivity contribution >= 4 is 5.91 Å². The van der Waals surface area contributed by atoms with E-state index in [-0.39, 0.29) is 11.9 Å². The summed E-state index contributed by atoms with van der Waals surface area (Å²) in [5.74, 6) is 1.53. The summed E-state index contributed by atoms with van der Waals surface area (Å²) in [7, 11) is 0. The minimum absolute atomic E-state index is 0.231. The Morgan fingerprint density at radius 3 is 2.44 bits per heavy atom. The summed E-state index contributed by atoms with van der Waals surface area (Å²) in [6.45, 7) is 0.598. The molecule has 2 aliphatic rings. The summed E-state index contributed by atoms with van der Waals surface area (Å²) in [4.78, 5) is 11.8. The van der Waals surface area contributed by atoms with Gasteiger partial charge in [0.05, 0.1) is 0 Å². The first kappa shape index (κ1) is 11.9. The van der Waals surface area contributed by atoms with Crippen LogP contribution < -0.4 is 11.1 Å². The molecule has 0 aliphatic heterocycles. The number of hydrogen-bond acceptors (Lipinski definition) is 2. The van der Waals surface area contributed by atoms with Gasteiger partial charge >= 0.3 is 0 Å². The quantitative estimate of drug-likeness (QED) is 0.748. The Bertz CT molecular complexity index is 232. The van der Waals surface area contributed by atoms with E-state index in [2.05, 4.69) is 5.32 Å². The summed E-state index contributed by atoms with van der Waals surface area (Å²) in [5, 5.41) is 3.11. The summed E-state index contributed by atoms with van der Waals surface area (Å²) < 4.78 is 0. The van der Waals surface area contributed by atoms with E-state index in [0.29, 0.717) is 18.4 Å². The molecule has 1 amide bonds. The summed E-state index contributed by atoms with van der Waals surface area (Å²) >= 11 is 0. The molecular formula is C13H24N2O. The van der Waals surface area contributed by atoms with Crippen molar-refractivity contribution < 1.29 is 4.79 Å². The van der Waals surface area contributed by atoms with Crippen molar-refractivity contribution in [3.05, 3.63) is 0 Å². The number of carbonyl (C=O) groups excluding carboxylic acids is 1. The second-order valence-electron chi connectivity index (χ2n) is 5.46. The average Bonchev–Trinajstić information content (AvgIpc) is 3.11. The number of rotatable bonds is 5. The second kappa shape index (κ2) is 5.67. The van der Waals surface area contributed by atoms with E-state index >= 15 is 0 Å². The standard InChI is InChI=1S/C13H24N2O/c14-9-12(11-6-7-11)15-13(16)8-10-4-2-1-3-5-10/h10-12H,1-9,14H2,(H,15,16). The fourth-order valence-electron chi connectivity index (χ4n) is 2.79. The van der Waals surface area contributed by atoms with Crippen molar-refractivity contribution in [3.8, 4) is 0 Å². The number of carbonyl (C=O) groups is 1. The van der Waals surface area contributed by atoms with Crippen LogP contribution in [0.2, 0.25) is 0 Å². The number of nitrogens with one attached hydrogen (secondary N) is 1. The maximum atomic E-state index is 11.8. The van der Waals surface area contributed by atoms with Crippen LogP contribution in [-0.2, 0) is 4.79 Å². The Kier molecular flexibility index (Phi) is 4.22. The maximum absolute atomic E-state index is 11.8. The van der Waals surface area contributed by atoms with Crippen LogP contribution in [0.4, 0.5) is 0 Å². The molecular weight excluding hydrogens is 200 g/mol. The minimum Gasteiger partial charge on any atom is -0.352 e. The van der Waals surface area contributed by atoms with Crippen molar-refractivity contribution in [2.24, 2.45) is 17.6 Å². The number of amides is 1. The van der Waals surface area contributed by atoms with Crippen molar-refractivity contribution in [1.82, 2.24) is 5.32 Å². The molecule has 1 unspecified atom stereocenters. The maximum Gasteiger partial charge on any atom is 0.220 e. The molecule has 2 fully saturated rings. The molecule has 16 heavy (non-hydrogen) atoms. The Hall–Kier alpha value is -0.570. The van der Waals surface area contributed by atoms with Crippen LogP contribution in [0.1, 0.15) is 51.4 Å². The molecule has 0 radical (unpaired) electrons. The largest absolute Gasteiger partial charge is 0.352 e. The highest BCUT2D eigenvalue weighted by Gasteiger charge is 2.31. The molecule has 2 rings (SSSR count). The molecule has 0 heterocycles. The Morgan fingerprint density at radius 2 is 1.88 bits per heavy atom. The fourth-order valence-corrected chi connectivity index (χ4v) is 2.79. The van der Waals surface area contributed by atoms with Crippen molar-refractivity contribution in [3.63, 3.8) is 0 Å². The molecule has 1 atom stereocenters. The van der Waals surface area contributed by atoms with Crippen molar-refractivity contribution in [2.45, 2.75) is 57.4 Å². The van der Waals surface area contributed by atoms with Crippen LogP contribution in [0.15, 0.2) is 0 Å². The molecule has 0 bridgehead atoms. The Labute approximate surface area is 98.2 Å². The zero-order valence-electron chi connectivity index (χ0n) is 10.1. The molecule has 2 saturated carbocycles. The van der Waals surface area contributed by atoms with Gasteiger partial charge in [0.25, 0.3) is 0 Å². The molecule has 92 valence electrons. The lowest BCUT2D eigenvalue weighted by Crippen LogP contribution is -2.42. The molecule has 3 N–H and O–H groups in total. The van der Waals surface area contributed by atoms with Crippen LogP contribution in [0.25, 0.3) is 0 Å². The smallest absolute Gasteiger partial charge is 0.220 e. The average molecular weight is 224 g/mol. The monoisotopic (exact) mass is 224 g/mol. The lowest BCUT2D eigenvalue weighted by Gasteiger charge is -2.22. The van der Waals surface area contributed by atoms with Gasteiger partial charge in [-0.2, -0.15) is 0 Å². The number of hydrogen-bond donors (Lipinski definition) is 2. The first-order chi connectivity index (χ1) is 7.79. The molecule has 3 nitrogen and oxygen atoms in total. The van der Waals surface area contributed by atoms with E-state index in [1.807, 2.05) is 0 Å². The molecule has 0 aromatic carbocycles. The highest BCUT2D eigenvalue weighted by Crippen LogP contribution is 2.32. The SMILES string of the molecule is NCC(NC(=O)CC1CCCCC1)C1CC1. The molecule has 0 aromatic rings. The van der Waals surface area contributed by atoms with Gasteiger partial charge in [0.15, 0.2) is 0 Å². The van der Waals surface area contributed by atoms with Crippen LogP contribution in [0.3, 0.4) is 0 Å². The van der Waals surface area contributed by atoms with Gasteiger partial charge in [0.2, 0.25) is 5.91 Å². The third-order valence-electron chi connectivity index (χ3n) is 3.99. The predicted molar refractivity (Wildman–Crippen MR) is 64.9 cm³/mol. The van der Waals surface area contributed by atoms with Gasteiger partial charge in [0, 0.05) is 19.0 Å². The molecule has 2 aliphatic carbocycles. The summed E-state index contributed by atoms with van der Waals surface area (Å²) in [6.07, 6.45) is 9.65. The lowest BCUT2D eigenvalue weighted by atomic mass is 9.87. The molecule has 0 saturated heterocycles.